The Labute approximate surface area is 87.3 Å². The number of carbonyl (C=O) groups excluding carboxylic acids is 2. The largest absolute Gasteiger partial charge is 0.533 e. The summed E-state index contributed by atoms with van der Waals surface area (Å²) in [6.45, 7) is 4.09. The number of nitrogens with one attached hydrogen (secondary N) is 1. The molecule has 0 spiro atoms. The van der Waals surface area contributed by atoms with E-state index in [0.717, 1.165) is 0 Å². The third-order valence-electron chi connectivity index (χ3n) is 0.920. The van der Waals surface area contributed by atoms with E-state index in [9.17, 15) is 14.7 Å². The molecule has 7 heteroatoms. The Bertz CT molecular complexity index is 222. The molecule has 0 aromatic rings. The van der Waals surface area contributed by atoms with Crippen LogP contribution in [0.15, 0.2) is 0 Å². The first-order chi connectivity index (χ1) is 6.85. The van der Waals surface area contributed by atoms with Crippen LogP contribution < -0.4 is 5.48 Å². The first kappa shape index (κ1) is 13.5. The molecule has 1 radical (unpaired) electrons. The van der Waals surface area contributed by atoms with Crippen molar-refractivity contribution in [1.82, 2.24) is 5.48 Å². The van der Waals surface area contributed by atoms with Gasteiger partial charge in [-0.25, -0.2) is 14.7 Å². The second-order valence-corrected chi connectivity index (χ2v) is 3.51. The normalized spacial score (nSPS) is 10.4. The molecule has 0 heterocycles. The third-order valence-corrected chi connectivity index (χ3v) is 0.920. The van der Waals surface area contributed by atoms with Gasteiger partial charge in [-0.2, -0.15) is 0 Å². The van der Waals surface area contributed by atoms with Gasteiger partial charge in [0.25, 0.3) is 0 Å². The molecular formula is C8H14NO6. The lowest BCUT2D eigenvalue weighted by molar-refractivity contribution is -0.0162. The van der Waals surface area contributed by atoms with Crippen molar-refractivity contribution in [3.8, 4) is 0 Å². The number of hydroxylamine groups is 1. The Morgan fingerprint density at radius 2 is 1.87 bits per heavy atom. The summed E-state index contributed by atoms with van der Waals surface area (Å²) < 4.78 is 8.98. The van der Waals surface area contributed by atoms with Gasteiger partial charge in [0.2, 0.25) is 0 Å². The van der Waals surface area contributed by atoms with E-state index < -0.39 is 24.5 Å². The summed E-state index contributed by atoms with van der Waals surface area (Å²) >= 11 is 0. The maximum Gasteiger partial charge on any atom is 0.533 e. The van der Waals surface area contributed by atoms with E-state index in [0.29, 0.717) is 0 Å². The van der Waals surface area contributed by atoms with E-state index in [2.05, 4.69) is 9.57 Å². The second-order valence-electron chi connectivity index (χ2n) is 3.51. The average molecular weight is 220 g/mol. The van der Waals surface area contributed by atoms with E-state index in [1.54, 1.807) is 26.3 Å². The molecule has 1 amide bonds. The van der Waals surface area contributed by atoms with Crippen LogP contribution in [0.5, 0.6) is 0 Å². The molecule has 1 N–H and O–H groups in total. The van der Waals surface area contributed by atoms with Crippen LogP contribution in [0, 0.1) is 0 Å². The van der Waals surface area contributed by atoms with Gasteiger partial charge in [0.1, 0.15) is 18.8 Å². The minimum absolute atomic E-state index is 0.311. The Hall–Kier alpha value is -1.50. The molecular weight excluding hydrogens is 206 g/mol. The fraction of sp³-hybridized carbons (Fsp3) is 0.750. The SMILES string of the molecule is CC(C)(C)OC(=O)NOC(=O)OCC[O]. The molecule has 7 nitrogen and oxygen atoms in total. The third kappa shape index (κ3) is 8.82. The van der Waals surface area contributed by atoms with Crippen molar-refractivity contribution in [3.63, 3.8) is 0 Å². The van der Waals surface area contributed by atoms with Gasteiger partial charge in [0.15, 0.2) is 0 Å². The van der Waals surface area contributed by atoms with E-state index in [1.165, 1.54) is 0 Å². The monoisotopic (exact) mass is 220 g/mol. The molecule has 0 saturated carbocycles. The van der Waals surface area contributed by atoms with Gasteiger partial charge in [-0.05, 0) is 20.8 Å². The maximum absolute atomic E-state index is 10.9. The van der Waals surface area contributed by atoms with Gasteiger partial charge in [0, 0.05) is 0 Å². The lowest BCUT2D eigenvalue weighted by Gasteiger charge is -2.18. The van der Waals surface area contributed by atoms with Gasteiger partial charge in [0.05, 0.1) is 0 Å². The molecule has 0 aromatic carbocycles. The predicted molar refractivity (Wildman–Crippen MR) is 47.4 cm³/mol. The molecule has 0 aliphatic heterocycles. The van der Waals surface area contributed by atoms with Gasteiger partial charge in [-0.3, -0.25) is 0 Å². The van der Waals surface area contributed by atoms with Gasteiger partial charge in [-0.1, -0.05) is 0 Å². The van der Waals surface area contributed by atoms with Gasteiger partial charge < -0.3 is 14.3 Å². The molecule has 0 aromatic heterocycles. The zero-order valence-electron chi connectivity index (χ0n) is 8.86. The summed E-state index contributed by atoms with van der Waals surface area (Å²) in [4.78, 5) is 25.7. The maximum atomic E-state index is 10.9. The quantitative estimate of drug-likeness (QED) is 0.553. The lowest BCUT2D eigenvalue weighted by atomic mass is 10.2. The van der Waals surface area contributed by atoms with Crippen molar-refractivity contribution in [3.05, 3.63) is 0 Å². The fourth-order valence-electron chi connectivity index (χ4n) is 0.537. The van der Waals surface area contributed by atoms with Gasteiger partial charge in [-0.15, -0.1) is 5.48 Å². The van der Waals surface area contributed by atoms with Crippen LogP contribution in [0.2, 0.25) is 0 Å². The first-order valence-corrected chi connectivity index (χ1v) is 4.26. The highest BCUT2D eigenvalue weighted by atomic mass is 16.8. The number of hydrogen-bond donors (Lipinski definition) is 1. The van der Waals surface area contributed by atoms with Crippen LogP contribution in [-0.2, 0) is 19.4 Å². The van der Waals surface area contributed by atoms with Crippen molar-refractivity contribution >= 4 is 12.2 Å². The van der Waals surface area contributed by atoms with Crippen molar-refractivity contribution < 1.29 is 29.0 Å². The Morgan fingerprint density at radius 1 is 1.27 bits per heavy atom. The predicted octanol–water partition coefficient (Wildman–Crippen LogP) is 1.01. The van der Waals surface area contributed by atoms with E-state index in [4.69, 9.17) is 4.74 Å². The molecule has 0 unspecified atom stereocenters. The summed E-state index contributed by atoms with van der Waals surface area (Å²) in [5, 5.41) is 9.92. The molecule has 0 bridgehead atoms. The van der Waals surface area contributed by atoms with Crippen molar-refractivity contribution in [2.24, 2.45) is 0 Å². The van der Waals surface area contributed by atoms with E-state index in [-0.39, 0.29) is 6.61 Å². The minimum Gasteiger partial charge on any atom is -0.442 e. The Balaban J connectivity index is 3.67. The van der Waals surface area contributed by atoms with Gasteiger partial charge >= 0.3 is 12.2 Å². The molecule has 87 valence electrons. The summed E-state index contributed by atoms with van der Waals surface area (Å²) in [6.07, 6.45) is -2.07. The van der Waals surface area contributed by atoms with E-state index in [1.807, 2.05) is 0 Å². The zero-order chi connectivity index (χ0) is 11.9. The summed E-state index contributed by atoms with van der Waals surface area (Å²) in [6, 6.07) is 0. The standard InChI is InChI=1S/C8H14NO6/c1-8(2,3)14-6(11)9-15-7(12)13-5-4-10/h4-5H2,1-3H3,(H,9,11). The topological polar surface area (TPSA) is 93.8 Å². The summed E-state index contributed by atoms with van der Waals surface area (Å²) in [5.74, 6) is 0. The Morgan fingerprint density at radius 3 is 2.33 bits per heavy atom. The van der Waals surface area contributed by atoms with Crippen molar-refractivity contribution in [1.29, 1.82) is 0 Å². The highest BCUT2D eigenvalue weighted by Gasteiger charge is 2.17. The number of ether oxygens (including phenoxy) is 2. The van der Waals surface area contributed by atoms with Crippen LogP contribution in [0.1, 0.15) is 20.8 Å². The summed E-state index contributed by atoms with van der Waals surface area (Å²) in [7, 11) is 0. The minimum atomic E-state index is -1.16. The molecule has 0 aliphatic carbocycles. The van der Waals surface area contributed by atoms with Crippen molar-refractivity contribution in [2.75, 3.05) is 13.2 Å². The molecule has 0 aliphatic rings. The zero-order valence-corrected chi connectivity index (χ0v) is 8.86. The average Bonchev–Trinajstić information content (AvgIpc) is 2.08. The van der Waals surface area contributed by atoms with Crippen LogP contribution in [0.4, 0.5) is 9.59 Å². The number of rotatable bonds is 2. The summed E-state index contributed by atoms with van der Waals surface area (Å²) in [5.41, 5.74) is 1.02. The molecule has 0 saturated heterocycles. The Kier molecular flexibility index (Phi) is 5.46. The number of hydrogen-bond acceptors (Lipinski definition) is 5. The molecule has 15 heavy (non-hydrogen) atoms. The first-order valence-electron chi connectivity index (χ1n) is 4.26. The highest BCUT2D eigenvalue weighted by molar-refractivity contribution is 5.69. The number of amides is 1. The fourth-order valence-corrected chi connectivity index (χ4v) is 0.537. The van der Waals surface area contributed by atoms with Crippen molar-refractivity contribution in [2.45, 2.75) is 26.4 Å². The highest BCUT2D eigenvalue weighted by Crippen LogP contribution is 2.06. The molecule has 0 fully saturated rings. The smallest absolute Gasteiger partial charge is 0.442 e. The lowest BCUT2D eigenvalue weighted by Crippen LogP contribution is -2.34. The molecule has 0 rings (SSSR count). The molecule has 0 atom stereocenters. The van der Waals surface area contributed by atoms with Crippen LogP contribution >= 0.6 is 0 Å². The van der Waals surface area contributed by atoms with Crippen LogP contribution in [0.3, 0.4) is 0 Å². The second kappa shape index (κ2) is 6.07. The number of carbonyl (C=O) groups is 2. The van der Waals surface area contributed by atoms with E-state index >= 15 is 0 Å². The van der Waals surface area contributed by atoms with Crippen LogP contribution in [0.25, 0.3) is 0 Å². The van der Waals surface area contributed by atoms with Crippen LogP contribution in [-0.4, -0.2) is 31.1 Å².